The van der Waals surface area contributed by atoms with E-state index in [2.05, 4.69) is 5.32 Å². The van der Waals surface area contributed by atoms with Crippen LogP contribution in [0.3, 0.4) is 0 Å². The minimum atomic E-state index is -1.12. The molecule has 0 aliphatic carbocycles. The number of furan rings is 1. The van der Waals surface area contributed by atoms with Crippen LogP contribution in [0.1, 0.15) is 41.3 Å². The van der Waals surface area contributed by atoms with Gasteiger partial charge in [-0.15, -0.1) is 0 Å². The summed E-state index contributed by atoms with van der Waals surface area (Å²) in [5.41, 5.74) is 0.610. The Morgan fingerprint density at radius 2 is 2.00 bits per heavy atom. The first-order valence-electron chi connectivity index (χ1n) is 7.09. The fourth-order valence-corrected chi connectivity index (χ4v) is 2.22. The second-order valence-corrected chi connectivity index (χ2v) is 5.39. The lowest BCUT2D eigenvalue weighted by Gasteiger charge is -2.23. The Kier molecular flexibility index (Phi) is 4.48. The van der Waals surface area contributed by atoms with Gasteiger partial charge in [0.15, 0.2) is 5.76 Å². The predicted molar refractivity (Wildman–Crippen MR) is 81.2 cm³/mol. The third-order valence-corrected chi connectivity index (χ3v) is 3.55. The number of benzene rings is 1. The van der Waals surface area contributed by atoms with E-state index >= 15 is 0 Å². The Morgan fingerprint density at radius 3 is 2.57 bits per heavy atom. The number of rotatable bonds is 5. The molecule has 4 nitrogen and oxygen atoms in total. The molecule has 1 unspecified atom stereocenters. The Bertz CT molecular complexity index is 614. The zero-order chi connectivity index (χ0) is 15.5. The van der Waals surface area contributed by atoms with Gasteiger partial charge < -0.3 is 14.8 Å². The van der Waals surface area contributed by atoms with E-state index in [0.717, 1.165) is 23.3 Å². The zero-order valence-electron chi connectivity index (χ0n) is 12.6. The zero-order valence-corrected chi connectivity index (χ0v) is 12.6. The van der Waals surface area contributed by atoms with Crippen molar-refractivity contribution in [3.8, 4) is 0 Å². The highest BCUT2D eigenvalue weighted by Gasteiger charge is 2.24. The lowest BCUT2D eigenvalue weighted by atomic mass is 9.96. The van der Waals surface area contributed by atoms with Crippen LogP contribution in [-0.4, -0.2) is 17.6 Å². The normalized spacial score (nSPS) is 13.7. The third kappa shape index (κ3) is 3.52. The summed E-state index contributed by atoms with van der Waals surface area (Å²) in [5, 5.41) is 13.2. The summed E-state index contributed by atoms with van der Waals surface area (Å²) in [6, 6.07) is 11.0. The van der Waals surface area contributed by atoms with E-state index in [1.807, 2.05) is 44.2 Å². The lowest BCUT2D eigenvalue weighted by molar-refractivity contribution is 0.0518. The maximum Gasteiger partial charge on any atom is 0.287 e. The molecule has 0 radical (unpaired) electrons. The minimum Gasteiger partial charge on any atom is -0.456 e. The average Bonchev–Trinajstić information content (AvgIpc) is 2.87. The molecule has 1 heterocycles. The van der Waals surface area contributed by atoms with Crippen molar-refractivity contribution in [2.45, 2.75) is 32.8 Å². The molecule has 0 saturated heterocycles. The third-order valence-electron chi connectivity index (χ3n) is 3.55. The first-order valence-corrected chi connectivity index (χ1v) is 7.09. The van der Waals surface area contributed by atoms with Crippen LogP contribution in [0.15, 0.2) is 40.8 Å². The van der Waals surface area contributed by atoms with Crippen LogP contribution in [0.2, 0.25) is 0 Å². The van der Waals surface area contributed by atoms with Crippen molar-refractivity contribution in [3.05, 3.63) is 59.0 Å². The van der Waals surface area contributed by atoms with Crippen molar-refractivity contribution in [2.75, 3.05) is 6.54 Å². The quantitative estimate of drug-likeness (QED) is 0.889. The molecule has 0 aliphatic heterocycles. The van der Waals surface area contributed by atoms with E-state index in [9.17, 15) is 9.90 Å². The first-order chi connectivity index (χ1) is 9.94. The maximum atomic E-state index is 12.1. The fourth-order valence-electron chi connectivity index (χ4n) is 2.22. The van der Waals surface area contributed by atoms with E-state index in [0.29, 0.717) is 0 Å². The molecule has 1 aromatic heterocycles. The second kappa shape index (κ2) is 6.14. The number of aryl methyl sites for hydroxylation is 2. The second-order valence-electron chi connectivity index (χ2n) is 5.39. The number of nitrogens with one attached hydrogen (secondary N) is 1. The summed E-state index contributed by atoms with van der Waals surface area (Å²) in [7, 11) is 0. The lowest BCUT2D eigenvalue weighted by Crippen LogP contribution is -2.38. The van der Waals surface area contributed by atoms with Gasteiger partial charge in [-0.05, 0) is 31.0 Å². The number of carbonyl (C=O) groups is 1. The SMILES string of the molecule is CCc1oc(C(=O)NCC(C)(O)c2ccccc2)cc1C. The van der Waals surface area contributed by atoms with Crippen LogP contribution in [0.5, 0.6) is 0 Å². The van der Waals surface area contributed by atoms with Gasteiger partial charge >= 0.3 is 0 Å². The summed E-state index contributed by atoms with van der Waals surface area (Å²) in [6.45, 7) is 5.69. The Morgan fingerprint density at radius 1 is 1.33 bits per heavy atom. The van der Waals surface area contributed by atoms with E-state index < -0.39 is 5.60 Å². The van der Waals surface area contributed by atoms with Gasteiger partial charge in [-0.3, -0.25) is 4.79 Å². The number of amides is 1. The molecule has 1 aromatic carbocycles. The molecule has 0 spiro atoms. The van der Waals surface area contributed by atoms with Crippen LogP contribution in [0, 0.1) is 6.92 Å². The Labute approximate surface area is 124 Å². The first kappa shape index (κ1) is 15.3. The van der Waals surface area contributed by atoms with Crippen LogP contribution >= 0.6 is 0 Å². The van der Waals surface area contributed by atoms with Crippen LogP contribution in [0.25, 0.3) is 0 Å². The van der Waals surface area contributed by atoms with E-state index in [4.69, 9.17) is 4.42 Å². The van der Waals surface area contributed by atoms with Gasteiger partial charge in [0.25, 0.3) is 5.91 Å². The number of aliphatic hydroxyl groups is 1. The van der Waals surface area contributed by atoms with Gasteiger partial charge in [-0.25, -0.2) is 0 Å². The van der Waals surface area contributed by atoms with Crippen molar-refractivity contribution in [1.29, 1.82) is 0 Å². The molecule has 1 amide bonds. The van der Waals surface area contributed by atoms with Crippen molar-refractivity contribution in [1.82, 2.24) is 5.32 Å². The number of hydrogen-bond donors (Lipinski definition) is 2. The molecule has 1 atom stereocenters. The summed E-state index contributed by atoms with van der Waals surface area (Å²) >= 11 is 0. The van der Waals surface area contributed by atoms with Crippen molar-refractivity contribution >= 4 is 5.91 Å². The number of hydrogen-bond acceptors (Lipinski definition) is 3. The summed E-state index contributed by atoms with van der Waals surface area (Å²) < 4.78 is 5.50. The van der Waals surface area contributed by atoms with Gasteiger partial charge in [0.05, 0.1) is 6.54 Å². The molecule has 0 fully saturated rings. The van der Waals surface area contributed by atoms with Gasteiger partial charge in [-0.1, -0.05) is 37.3 Å². The van der Waals surface area contributed by atoms with E-state index in [1.54, 1.807) is 13.0 Å². The largest absolute Gasteiger partial charge is 0.456 e. The molecule has 4 heteroatoms. The van der Waals surface area contributed by atoms with E-state index in [1.165, 1.54) is 0 Å². The molecular weight excluding hydrogens is 266 g/mol. The topological polar surface area (TPSA) is 62.5 Å². The molecule has 2 N–H and O–H groups in total. The van der Waals surface area contributed by atoms with Gasteiger partial charge in [0.1, 0.15) is 11.4 Å². The highest BCUT2D eigenvalue weighted by Crippen LogP contribution is 2.20. The molecule has 21 heavy (non-hydrogen) atoms. The Hall–Kier alpha value is -2.07. The van der Waals surface area contributed by atoms with Crippen molar-refractivity contribution in [3.63, 3.8) is 0 Å². The molecule has 2 aromatic rings. The average molecular weight is 287 g/mol. The Balaban J connectivity index is 2.03. The summed E-state index contributed by atoms with van der Waals surface area (Å²) in [4.78, 5) is 12.1. The predicted octanol–water partition coefficient (Wildman–Crippen LogP) is 2.79. The molecule has 0 saturated carbocycles. The molecule has 0 bridgehead atoms. The molecule has 2 rings (SSSR count). The minimum absolute atomic E-state index is 0.122. The molecular formula is C17H21NO3. The van der Waals surface area contributed by atoms with Crippen LogP contribution in [-0.2, 0) is 12.0 Å². The highest BCUT2D eigenvalue weighted by molar-refractivity contribution is 5.91. The van der Waals surface area contributed by atoms with Gasteiger partial charge in [-0.2, -0.15) is 0 Å². The van der Waals surface area contributed by atoms with Crippen molar-refractivity contribution in [2.24, 2.45) is 0 Å². The number of carbonyl (C=O) groups excluding carboxylic acids is 1. The molecule has 112 valence electrons. The highest BCUT2D eigenvalue weighted by atomic mass is 16.4. The molecule has 0 aliphatic rings. The summed E-state index contributed by atoms with van der Waals surface area (Å²) in [6.07, 6.45) is 0.751. The smallest absolute Gasteiger partial charge is 0.287 e. The van der Waals surface area contributed by atoms with Gasteiger partial charge in [0.2, 0.25) is 0 Å². The van der Waals surface area contributed by atoms with E-state index in [-0.39, 0.29) is 18.2 Å². The monoisotopic (exact) mass is 287 g/mol. The van der Waals surface area contributed by atoms with Crippen LogP contribution < -0.4 is 5.32 Å². The van der Waals surface area contributed by atoms with Crippen molar-refractivity contribution < 1.29 is 14.3 Å². The fraction of sp³-hybridized carbons (Fsp3) is 0.353. The maximum absolute atomic E-state index is 12.1. The van der Waals surface area contributed by atoms with Gasteiger partial charge in [0, 0.05) is 6.42 Å². The standard InChI is InChI=1S/C17H21NO3/c1-4-14-12(2)10-15(21-14)16(19)18-11-17(3,20)13-8-6-5-7-9-13/h5-10,20H,4,11H2,1-3H3,(H,18,19). The summed E-state index contributed by atoms with van der Waals surface area (Å²) in [5.74, 6) is 0.789. The van der Waals surface area contributed by atoms with Crippen LogP contribution in [0.4, 0.5) is 0 Å².